The Morgan fingerprint density at radius 1 is 1.36 bits per heavy atom. The molecule has 1 aliphatic heterocycles. The van der Waals surface area contributed by atoms with Crippen LogP contribution in [0.4, 0.5) is 0 Å². The van der Waals surface area contributed by atoms with Crippen LogP contribution in [-0.4, -0.2) is 33.5 Å². The lowest BCUT2D eigenvalue weighted by Gasteiger charge is -2.34. The average molecular weight is 300 g/mol. The lowest BCUT2D eigenvalue weighted by atomic mass is 9.95. The van der Waals surface area contributed by atoms with Gasteiger partial charge in [-0.2, -0.15) is 5.10 Å². The summed E-state index contributed by atoms with van der Waals surface area (Å²) in [5.41, 5.74) is 1.21. The molecule has 5 heteroatoms. The minimum atomic E-state index is 0.129. The minimum Gasteiger partial charge on any atom is -0.372 e. The number of hydrogen-bond donors (Lipinski definition) is 1. The largest absolute Gasteiger partial charge is 0.372 e. The highest BCUT2D eigenvalue weighted by molar-refractivity contribution is 5.16. The molecule has 0 saturated carbocycles. The third kappa shape index (κ3) is 3.93. The summed E-state index contributed by atoms with van der Waals surface area (Å²) < 4.78 is 8.00. The van der Waals surface area contributed by atoms with E-state index in [2.05, 4.69) is 34.5 Å². The fraction of sp³-hybridized carbons (Fsp3) is 0.529. The molecule has 22 heavy (non-hydrogen) atoms. The molecule has 0 aromatic carbocycles. The van der Waals surface area contributed by atoms with E-state index in [1.54, 1.807) is 0 Å². The second kappa shape index (κ2) is 7.51. The smallest absolute Gasteiger partial charge is 0.0978 e. The van der Waals surface area contributed by atoms with Crippen LogP contribution in [0.15, 0.2) is 43.0 Å². The Morgan fingerprint density at radius 3 is 3.00 bits per heavy atom. The molecule has 0 radical (unpaired) electrons. The molecule has 0 spiro atoms. The van der Waals surface area contributed by atoms with Crippen LogP contribution in [0.3, 0.4) is 0 Å². The molecule has 0 aliphatic carbocycles. The van der Waals surface area contributed by atoms with Gasteiger partial charge in [-0.3, -0.25) is 9.67 Å². The molecule has 1 saturated heterocycles. The SMILES string of the molecule is C[C@@H](CCn1cccn1)N[C@H]1CCCO[C@@H]1c1ccncc1. The molecule has 1 N–H and O–H groups in total. The van der Waals surface area contributed by atoms with Gasteiger partial charge < -0.3 is 10.1 Å². The lowest BCUT2D eigenvalue weighted by Crippen LogP contribution is -2.44. The summed E-state index contributed by atoms with van der Waals surface area (Å²) in [6.07, 6.45) is 11.0. The van der Waals surface area contributed by atoms with Gasteiger partial charge in [0, 0.05) is 50.0 Å². The molecule has 2 aromatic rings. The standard InChI is InChI=1S/C17H24N4O/c1-14(7-12-21-11-3-8-19-21)20-16-4-2-13-22-17(16)15-5-9-18-10-6-15/h3,5-6,8-11,14,16-17,20H,2,4,7,12-13H2,1H3/t14-,16-,17+/m0/s1. The molecule has 118 valence electrons. The third-order valence-electron chi connectivity index (χ3n) is 4.21. The number of nitrogens with zero attached hydrogens (tertiary/aromatic N) is 3. The van der Waals surface area contributed by atoms with Crippen molar-refractivity contribution in [2.24, 2.45) is 0 Å². The van der Waals surface area contributed by atoms with Gasteiger partial charge >= 0.3 is 0 Å². The number of hydrogen-bond acceptors (Lipinski definition) is 4. The van der Waals surface area contributed by atoms with Crippen LogP contribution in [0.2, 0.25) is 0 Å². The van der Waals surface area contributed by atoms with Crippen LogP contribution >= 0.6 is 0 Å². The van der Waals surface area contributed by atoms with E-state index in [9.17, 15) is 0 Å². The first-order valence-electron chi connectivity index (χ1n) is 8.08. The summed E-state index contributed by atoms with van der Waals surface area (Å²) in [4.78, 5) is 4.10. The van der Waals surface area contributed by atoms with Crippen molar-refractivity contribution in [3.8, 4) is 0 Å². The lowest BCUT2D eigenvalue weighted by molar-refractivity contribution is -0.0137. The molecule has 5 nitrogen and oxygen atoms in total. The van der Waals surface area contributed by atoms with Crippen molar-refractivity contribution >= 4 is 0 Å². The van der Waals surface area contributed by atoms with E-state index >= 15 is 0 Å². The van der Waals surface area contributed by atoms with Crippen LogP contribution in [-0.2, 0) is 11.3 Å². The van der Waals surface area contributed by atoms with Gasteiger partial charge in [-0.1, -0.05) is 0 Å². The molecular formula is C17H24N4O. The molecule has 3 atom stereocenters. The van der Waals surface area contributed by atoms with E-state index in [0.717, 1.165) is 32.4 Å². The number of rotatable bonds is 6. The molecular weight excluding hydrogens is 276 g/mol. The van der Waals surface area contributed by atoms with Gasteiger partial charge in [0.1, 0.15) is 0 Å². The first-order valence-corrected chi connectivity index (χ1v) is 8.08. The molecule has 0 amide bonds. The number of aromatic nitrogens is 3. The highest BCUT2D eigenvalue weighted by atomic mass is 16.5. The number of aryl methyl sites for hydroxylation is 1. The third-order valence-corrected chi connectivity index (χ3v) is 4.21. The molecule has 2 aromatic heterocycles. The Morgan fingerprint density at radius 2 is 2.23 bits per heavy atom. The van der Waals surface area contributed by atoms with E-state index in [-0.39, 0.29) is 6.10 Å². The van der Waals surface area contributed by atoms with Crippen LogP contribution < -0.4 is 5.32 Å². The maximum Gasteiger partial charge on any atom is 0.0978 e. The first kappa shape index (κ1) is 15.2. The zero-order chi connectivity index (χ0) is 15.2. The van der Waals surface area contributed by atoms with Gasteiger partial charge in [-0.05, 0) is 49.9 Å². The van der Waals surface area contributed by atoms with Crippen molar-refractivity contribution in [1.29, 1.82) is 0 Å². The summed E-state index contributed by atoms with van der Waals surface area (Å²) >= 11 is 0. The minimum absolute atomic E-state index is 0.129. The maximum atomic E-state index is 6.02. The van der Waals surface area contributed by atoms with Crippen molar-refractivity contribution in [3.63, 3.8) is 0 Å². The first-order chi connectivity index (χ1) is 10.8. The Balaban J connectivity index is 1.56. The van der Waals surface area contributed by atoms with Crippen LogP contribution in [0.5, 0.6) is 0 Å². The van der Waals surface area contributed by atoms with E-state index < -0.39 is 0 Å². The van der Waals surface area contributed by atoms with E-state index in [1.807, 2.05) is 35.5 Å². The van der Waals surface area contributed by atoms with Crippen molar-refractivity contribution in [3.05, 3.63) is 48.5 Å². The average Bonchev–Trinajstić information content (AvgIpc) is 3.08. The summed E-state index contributed by atoms with van der Waals surface area (Å²) in [7, 11) is 0. The predicted molar refractivity (Wildman–Crippen MR) is 85.4 cm³/mol. The van der Waals surface area contributed by atoms with Crippen LogP contribution in [0, 0.1) is 0 Å². The Kier molecular flexibility index (Phi) is 5.19. The van der Waals surface area contributed by atoms with Crippen molar-refractivity contribution < 1.29 is 4.74 Å². The molecule has 0 bridgehead atoms. The number of nitrogens with one attached hydrogen (secondary N) is 1. The number of pyridine rings is 1. The van der Waals surface area contributed by atoms with Gasteiger partial charge in [-0.15, -0.1) is 0 Å². The topological polar surface area (TPSA) is 52.0 Å². The van der Waals surface area contributed by atoms with Gasteiger partial charge in [0.05, 0.1) is 6.10 Å². The van der Waals surface area contributed by atoms with Crippen LogP contribution in [0.1, 0.15) is 37.9 Å². The Bertz CT molecular complexity index is 543. The van der Waals surface area contributed by atoms with Gasteiger partial charge in [0.25, 0.3) is 0 Å². The fourth-order valence-electron chi connectivity index (χ4n) is 3.04. The Labute approximate surface area is 131 Å². The number of ether oxygens (including phenoxy) is 1. The highest BCUT2D eigenvalue weighted by Gasteiger charge is 2.28. The van der Waals surface area contributed by atoms with Gasteiger partial charge in [0.2, 0.25) is 0 Å². The second-order valence-electron chi connectivity index (χ2n) is 5.95. The maximum absolute atomic E-state index is 6.02. The van der Waals surface area contributed by atoms with E-state index in [4.69, 9.17) is 4.74 Å². The summed E-state index contributed by atoms with van der Waals surface area (Å²) in [5.74, 6) is 0. The summed E-state index contributed by atoms with van der Waals surface area (Å²) in [6, 6.07) is 6.87. The van der Waals surface area contributed by atoms with Crippen molar-refractivity contribution in [1.82, 2.24) is 20.1 Å². The van der Waals surface area contributed by atoms with Crippen LogP contribution in [0.25, 0.3) is 0 Å². The summed E-state index contributed by atoms with van der Waals surface area (Å²) in [6.45, 7) is 4.02. The molecule has 3 heterocycles. The molecule has 3 rings (SSSR count). The molecule has 0 unspecified atom stereocenters. The zero-order valence-corrected chi connectivity index (χ0v) is 13.1. The summed E-state index contributed by atoms with van der Waals surface area (Å²) in [5, 5.41) is 8.00. The van der Waals surface area contributed by atoms with E-state index in [1.165, 1.54) is 5.56 Å². The fourth-order valence-corrected chi connectivity index (χ4v) is 3.04. The molecule has 1 fully saturated rings. The second-order valence-corrected chi connectivity index (χ2v) is 5.95. The predicted octanol–water partition coefficient (Wildman–Crippen LogP) is 2.57. The molecule has 1 aliphatic rings. The monoisotopic (exact) mass is 300 g/mol. The van der Waals surface area contributed by atoms with E-state index in [0.29, 0.717) is 12.1 Å². The normalized spacial score (nSPS) is 23.3. The Hall–Kier alpha value is -1.72. The highest BCUT2D eigenvalue weighted by Crippen LogP contribution is 2.28. The van der Waals surface area contributed by atoms with Gasteiger partial charge in [-0.25, -0.2) is 0 Å². The van der Waals surface area contributed by atoms with Gasteiger partial charge in [0.15, 0.2) is 0 Å². The quantitative estimate of drug-likeness (QED) is 0.891. The van der Waals surface area contributed by atoms with Crippen molar-refractivity contribution in [2.45, 2.75) is 50.9 Å². The zero-order valence-electron chi connectivity index (χ0n) is 13.1. The van der Waals surface area contributed by atoms with Crippen molar-refractivity contribution in [2.75, 3.05) is 6.61 Å².